The molecule has 4 N–H and O–H groups in total. The largest absolute Gasteiger partial charge is 0.478 e. The van der Waals surface area contributed by atoms with Crippen LogP contribution in [0.3, 0.4) is 0 Å². The van der Waals surface area contributed by atoms with E-state index in [1.165, 1.54) is 24.3 Å². The fourth-order valence-electron chi connectivity index (χ4n) is 1.98. The number of benzene rings is 2. The molecule has 20 heavy (non-hydrogen) atoms. The number of primary amides is 1. The Labute approximate surface area is 115 Å². The van der Waals surface area contributed by atoms with Crippen LogP contribution in [0.1, 0.15) is 21.5 Å². The van der Waals surface area contributed by atoms with Crippen molar-refractivity contribution in [1.82, 2.24) is 0 Å². The van der Waals surface area contributed by atoms with Crippen molar-refractivity contribution in [2.45, 2.75) is 5.60 Å². The van der Waals surface area contributed by atoms with E-state index in [1.807, 2.05) is 0 Å². The zero-order valence-corrected chi connectivity index (χ0v) is 10.5. The predicted molar refractivity (Wildman–Crippen MR) is 72.0 cm³/mol. The SMILES string of the molecule is NC(=O)C(O)(c1ccccc1)c1ccc(C(=O)O)cc1. The maximum atomic E-state index is 11.7. The Morgan fingerprint density at radius 1 is 0.900 bits per heavy atom. The van der Waals surface area contributed by atoms with E-state index < -0.39 is 17.5 Å². The molecule has 0 radical (unpaired) electrons. The molecule has 0 aliphatic rings. The lowest BCUT2D eigenvalue weighted by Crippen LogP contribution is -2.42. The van der Waals surface area contributed by atoms with Gasteiger partial charge in [0.05, 0.1) is 5.56 Å². The molecule has 5 heteroatoms. The van der Waals surface area contributed by atoms with E-state index in [-0.39, 0.29) is 11.1 Å². The van der Waals surface area contributed by atoms with E-state index in [1.54, 1.807) is 30.3 Å². The highest BCUT2D eigenvalue weighted by atomic mass is 16.4. The van der Waals surface area contributed by atoms with E-state index in [0.717, 1.165) is 0 Å². The summed E-state index contributed by atoms with van der Waals surface area (Å²) in [4.78, 5) is 22.5. The van der Waals surface area contributed by atoms with Gasteiger partial charge in [-0.2, -0.15) is 0 Å². The summed E-state index contributed by atoms with van der Waals surface area (Å²) in [6.45, 7) is 0. The number of rotatable bonds is 4. The number of aliphatic hydroxyl groups is 1. The van der Waals surface area contributed by atoms with Gasteiger partial charge >= 0.3 is 5.97 Å². The third-order valence-corrected chi connectivity index (χ3v) is 3.10. The van der Waals surface area contributed by atoms with Crippen LogP contribution in [0.4, 0.5) is 0 Å². The number of amides is 1. The van der Waals surface area contributed by atoms with Gasteiger partial charge in [-0.1, -0.05) is 42.5 Å². The van der Waals surface area contributed by atoms with Crippen LogP contribution in [0.15, 0.2) is 54.6 Å². The molecule has 102 valence electrons. The molecule has 5 nitrogen and oxygen atoms in total. The monoisotopic (exact) mass is 271 g/mol. The average Bonchev–Trinajstić information content (AvgIpc) is 2.47. The Balaban J connectivity index is 2.54. The molecule has 0 heterocycles. The first kappa shape index (κ1) is 13.8. The van der Waals surface area contributed by atoms with E-state index in [9.17, 15) is 14.7 Å². The van der Waals surface area contributed by atoms with Gasteiger partial charge in [-0.3, -0.25) is 4.79 Å². The van der Waals surface area contributed by atoms with E-state index >= 15 is 0 Å². The number of carbonyl (C=O) groups excluding carboxylic acids is 1. The number of hydrogen-bond donors (Lipinski definition) is 3. The van der Waals surface area contributed by atoms with Crippen molar-refractivity contribution in [2.24, 2.45) is 5.73 Å². The molecule has 0 fully saturated rings. The molecule has 1 unspecified atom stereocenters. The Hall–Kier alpha value is -2.66. The first-order valence-corrected chi connectivity index (χ1v) is 5.88. The summed E-state index contributed by atoms with van der Waals surface area (Å²) >= 11 is 0. The fourth-order valence-corrected chi connectivity index (χ4v) is 1.98. The lowest BCUT2D eigenvalue weighted by molar-refractivity contribution is -0.133. The maximum absolute atomic E-state index is 11.7. The highest BCUT2D eigenvalue weighted by Gasteiger charge is 2.38. The molecule has 1 atom stereocenters. The molecule has 0 spiro atoms. The van der Waals surface area contributed by atoms with Gasteiger partial charge in [0.2, 0.25) is 0 Å². The number of carboxylic acid groups (broad SMARTS) is 1. The minimum atomic E-state index is -1.99. The van der Waals surface area contributed by atoms with Crippen molar-refractivity contribution in [2.75, 3.05) is 0 Å². The van der Waals surface area contributed by atoms with Gasteiger partial charge in [-0.05, 0) is 23.3 Å². The second kappa shape index (κ2) is 5.14. The van der Waals surface area contributed by atoms with Gasteiger partial charge in [-0.15, -0.1) is 0 Å². The molecule has 2 aromatic carbocycles. The Morgan fingerprint density at radius 3 is 1.85 bits per heavy atom. The van der Waals surface area contributed by atoms with Crippen LogP contribution in [0, 0.1) is 0 Å². The third-order valence-electron chi connectivity index (χ3n) is 3.10. The smallest absolute Gasteiger partial charge is 0.335 e. The summed E-state index contributed by atoms with van der Waals surface area (Å²) in [7, 11) is 0. The topological polar surface area (TPSA) is 101 Å². The molecule has 2 aromatic rings. The molecule has 2 rings (SSSR count). The summed E-state index contributed by atoms with van der Waals surface area (Å²) in [5.41, 5.74) is 3.96. The molecule has 0 aliphatic heterocycles. The summed E-state index contributed by atoms with van der Waals surface area (Å²) in [6.07, 6.45) is 0. The van der Waals surface area contributed by atoms with Crippen LogP contribution in [-0.4, -0.2) is 22.1 Å². The van der Waals surface area contributed by atoms with E-state index in [0.29, 0.717) is 5.56 Å². The Kier molecular flexibility index (Phi) is 3.54. The summed E-state index contributed by atoms with van der Waals surface area (Å²) in [6, 6.07) is 13.6. The van der Waals surface area contributed by atoms with Crippen LogP contribution in [0.2, 0.25) is 0 Å². The molecular weight excluding hydrogens is 258 g/mol. The van der Waals surface area contributed by atoms with E-state index in [4.69, 9.17) is 10.8 Å². The highest BCUT2D eigenvalue weighted by molar-refractivity contribution is 5.90. The summed E-state index contributed by atoms with van der Waals surface area (Å²) < 4.78 is 0. The Morgan fingerprint density at radius 2 is 1.40 bits per heavy atom. The van der Waals surface area contributed by atoms with Crippen molar-refractivity contribution in [3.63, 3.8) is 0 Å². The maximum Gasteiger partial charge on any atom is 0.335 e. The standard InChI is InChI=1S/C15H13NO4/c16-14(19)15(20,11-4-2-1-3-5-11)12-8-6-10(7-9-12)13(17)18/h1-9,20H,(H2,16,19)(H,17,18). The molecule has 0 bridgehead atoms. The second-order valence-electron chi connectivity index (χ2n) is 4.32. The molecule has 0 saturated carbocycles. The fraction of sp³-hybridized carbons (Fsp3) is 0.0667. The van der Waals surface area contributed by atoms with Crippen molar-refractivity contribution in [1.29, 1.82) is 0 Å². The van der Waals surface area contributed by atoms with Gasteiger partial charge in [0.15, 0.2) is 5.60 Å². The molecule has 0 saturated heterocycles. The van der Waals surface area contributed by atoms with Crippen LogP contribution < -0.4 is 5.73 Å². The van der Waals surface area contributed by atoms with Crippen LogP contribution in [0.25, 0.3) is 0 Å². The quantitative estimate of drug-likeness (QED) is 0.775. The van der Waals surface area contributed by atoms with Gasteiger partial charge in [0.25, 0.3) is 5.91 Å². The van der Waals surface area contributed by atoms with Gasteiger partial charge in [0.1, 0.15) is 0 Å². The van der Waals surface area contributed by atoms with Crippen molar-refractivity contribution < 1.29 is 19.8 Å². The molecule has 1 amide bonds. The van der Waals surface area contributed by atoms with E-state index in [2.05, 4.69) is 0 Å². The van der Waals surface area contributed by atoms with Crippen LogP contribution >= 0.6 is 0 Å². The predicted octanol–water partition coefficient (Wildman–Crippen LogP) is 1.11. The number of carboxylic acids is 1. The van der Waals surface area contributed by atoms with Crippen LogP contribution in [0.5, 0.6) is 0 Å². The van der Waals surface area contributed by atoms with Crippen molar-refractivity contribution >= 4 is 11.9 Å². The number of carbonyl (C=O) groups is 2. The number of aromatic carboxylic acids is 1. The average molecular weight is 271 g/mol. The highest BCUT2D eigenvalue weighted by Crippen LogP contribution is 2.29. The van der Waals surface area contributed by atoms with Crippen molar-refractivity contribution in [3.8, 4) is 0 Å². The zero-order valence-electron chi connectivity index (χ0n) is 10.5. The Bertz CT molecular complexity index is 637. The normalized spacial score (nSPS) is 13.4. The molecular formula is C15H13NO4. The molecule has 0 aliphatic carbocycles. The first-order valence-electron chi connectivity index (χ1n) is 5.88. The van der Waals surface area contributed by atoms with Gasteiger partial charge in [0, 0.05) is 0 Å². The van der Waals surface area contributed by atoms with Crippen molar-refractivity contribution in [3.05, 3.63) is 71.3 Å². The number of hydrogen-bond acceptors (Lipinski definition) is 3. The first-order chi connectivity index (χ1) is 9.46. The van der Waals surface area contributed by atoms with Gasteiger partial charge in [-0.25, -0.2) is 4.79 Å². The molecule has 0 aromatic heterocycles. The zero-order chi connectivity index (χ0) is 14.8. The second-order valence-corrected chi connectivity index (χ2v) is 4.32. The summed E-state index contributed by atoms with van der Waals surface area (Å²) in [5, 5.41) is 19.5. The number of nitrogens with two attached hydrogens (primary N) is 1. The van der Waals surface area contributed by atoms with Crippen LogP contribution in [-0.2, 0) is 10.4 Å². The minimum absolute atomic E-state index is 0.0635. The third kappa shape index (κ3) is 2.26. The lowest BCUT2D eigenvalue weighted by atomic mass is 9.85. The van der Waals surface area contributed by atoms with Gasteiger partial charge < -0.3 is 15.9 Å². The lowest BCUT2D eigenvalue weighted by Gasteiger charge is -2.25. The minimum Gasteiger partial charge on any atom is -0.478 e. The summed E-state index contributed by atoms with van der Waals surface area (Å²) in [5.74, 6) is -2.01.